The van der Waals surface area contributed by atoms with E-state index >= 15 is 0 Å². The molecule has 9 heteroatoms. The number of alkyl halides is 2. The average molecular weight is 456 g/mol. The molecule has 0 aliphatic rings. The zero-order chi connectivity index (χ0) is 24.2. The second-order valence-corrected chi connectivity index (χ2v) is 7.98. The van der Waals surface area contributed by atoms with Gasteiger partial charge in [0.1, 0.15) is 6.54 Å². The Bertz CT molecular complexity index is 1210. The van der Waals surface area contributed by atoms with Gasteiger partial charge in [-0.15, -0.1) is 0 Å². The van der Waals surface area contributed by atoms with Crippen molar-refractivity contribution in [2.45, 2.75) is 46.7 Å². The molecule has 0 unspecified atom stereocenters. The molecule has 3 rings (SSSR count). The first-order chi connectivity index (χ1) is 15.6. The number of hydrogen-bond donors (Lipinski definition) is 2. The molecule has 7 nitrogen and oxygen atoms in total. The molecule has 2 aromatic heterocycles. The molecule has 0 aliphatic heterocycles. The maximum Gasteiger partial charge on any atom is 0.293 e. The van der Waals surface area contributed by atoms with E-state index in [-0.39, 0.29) is 30.4 Å². The first-order valence-electron chi connectivity index (χ1n) is 10.5. The summed E-state index contributed by atoms with van der Waals surface area (Å²) < 4.78 is 30.1. The van der Waals surface area contributed by atoms with Gasteiger partial charge in [-0.25, -0.2) is 4.98 Å². The third-order valence-electron chi connectivity index (χ3n) is 5.47. The number of amides is 1. The van der Waals surface area contributed by atoms with Crippen molar-refractivity contribution in [3.63, 3.8) is 0 Å². The van der Waals surface area contributed by atoms with Gasteiger partial charge in [-0.1, -0.05) is 36.4 Å². The van der Waals surface area contributed by atoms with Crippen LogP contribution in [0.25, 0.3) is 0 Å². The van der Waals surface area contributed by atoms with Gasteiger partial charge in [0.2, 0.25) is 5.91 Å². The summed E-state index contributed by atoms with van der Waals surface area (Å²) in [4.78, 5) is 33.7. The Labute approximate surface area is 190 Å². The fourth-order valence-corrected chi connectivity index (χ4v) is 3.32. The lowest BCUT2D eigenvalue weighted by atomic mass is 10.1. The Morgan fingerprint density at radius 1 is 1.09 bits per heavy atom. The van der Waals surface area contributed by atoms with Crippen LogP contribution in [-0.4, -0.2) is 27.0 Å². The summed E-state index contributed by atoms with van der Waals surface area (Å²) in [5.41, 5.74) is 3.30. The lowest BCUT2D eigenvalue weighted by molar-refractivity contribution is -0.121. The molecule has 1 amide bonds. The Morgan fingerprint density at radius 2 is 1.79 bits per heavy atom. The maximum absolute atomic E-state index is 14.4. The van der Waals surface area contributed by atoms with E-state index in [9.17, 15) is 18.4 Å². The Hall–Kier alpha value is -3.62. The van der Waals surface area contributed by atoms with Crippen LogP contribution in [-0.2, 0) is 23.8 Å². The number of aryl methyl sites for hydroxylation is 4. The highest BCUT2D eigenvalue weighted by Crippen LogP contribution is 2.27. The summed E-state index contributed by atoms with van der Waals surface area (Å²) in [6.45, 7) is 6.58. The van der Waals surface area contributed by atoms with Crippen molar-refractivity contribution in [3.8, 4) is 0 Å². The highest BCUT2D eigenvalue weighted by molar-refractivity contribution is 5.75. The van der Waals surface area contributed by atoms with E-state index < -0.39 is 18.0 Å². The molecule has 2 heterocycles. The van der Waals surface area contributed by atoms with Crippen molar-refractivity contribution in [1.82, 2.24) is 19.9 Å². The van der Waals surface area contributed by atoms with E-state index in [4.69, 9.17) is 0 Å². The number of aromatic nitrogens is 3. The molecule has 2 N–H and O–H groups in total. The fourth-order valence-electron chi connectivity index (χ4n) is 3.32. The van der Waals surface area contributed by atoms with Crippen LogP contribution in [0.15, 0.2) is 47.4 Å². The van der Waals surface area contributed by atoms with E-state index in [1.54, 1.807) is 13.0 Å². The van der Waals surface area contributed by atoms with Crippen molar-refractivity contribution in [1.29, 1.82) is 0 Å². The van der Waals surface area contributed by atoms with Crippen LogP contribution in [0.3, 0.4) is 0 Å². The number of hydrogen-bond acceptors (Lipinski definition) is 5. The quantitative estimate of drug-likeness (QED) is 0.544. The number of carbonyl (C=O) groups excluding carboxylic acids is 1. The molecule has 174 valence electrons. The highest BCUT2D eigenvalue weighted by Gasteiger charge is 2.31. The molecule has 0 bridgehead atoms. The van der Waals surface area contributed by atoms with E-state index in [1.807, 2.05) is 26.8 Å². The number of anilines is 1. The van der Waals surface area contributed by atoms with Crippen LogP contribution in [0, 0.1) is 27.7 Å². The number of nitrogens with one attached hydrogen (secondary N) is 2. The Balaban J connectivity index is 1.69. The fraction of sp³-hybridized carbons (Fsp3) is 0.333. The number of nitrogens with zero attached hydrogens (tertiary/aromatic N) is 3. The number of rotatable bonds is 8. The van der Waals surface area contributed by atoms with Crippen molar-refractivity contribution in [3.05, 3.63) is 86.7 Å². The average Bonchev–Trinajstić information content (AvgIpc) is 2.78. The summed E-state index contributed by atoms with van der Waals surface area (Å²) in [6.07, 6.45) is 1.37. The smallest absolute Gasteiger partial charge is 0.293 e. The first kappa shape index (κ1) is 24.0. The second-order valence-electron chi connectivity index (χ2n) is 7.98. The monoisotopic (exact) mass is 455 g/mol. The molecular weight excluding hydrogens is 428 g/mol. The van der Waals surface area contributed by atoms with Gasteiger partial charge in [0.15, 0.2) is 5.82 Å². The standard InChI is InChI=1S/C24H27F2N5O2/c1-15-10-19(18(4)30-17(15)3)12-27-21(32)13-31-16(2)11-28-22(23(31)33)29-14-24(25,26)20-8-6-5-7-9-20/h5-11H,12-14H2,1-4H3,(H,27,32)(H,28,29). The van der Waals surface area contributed by atoms with Crippen LogP contribution in [0.5, 0.6) is 0 Å². The minimum absolute atomic E-state index is 0.166. The molecule has 1 aromatic carbocycles. The van der Waals surface area contributed by atoms with Crippen LogP contribution in [0.4, 0.5) is 14.6 Å². The Kier molecular flexibility index (Phi) is 7.20. The number of halogens is 2. The first-order valence-corrected chi connectivity index (χ1v) is 10.5. The number of carbonyl (C=O) groups is 1. The summed E-state index contributed by atoms with van der Waals surface area (Å²) in [5, 5.41) is 5.22. The molecule has 0 spiro atoms. The van der Waals surface area contributed by atoms with Crippen LogP contribution >= 0.6 is 0 Å². The molecule has 0 radical (unpaired) electrons. The predicted molar refractivity (Wildman–Crippen MR) is 122 cm³/mol. The normalized spacial score (nSPS) is 11.3. The maximum atomic E-state index is 14.4. The molecule has 0 saturated carbocycles. The molecule has 0 atom stereocenters. The second kappa shape index (κ2) is 9.89. The van der Waals surface area contributed by atoms with Crippen LogP contribution in [0.1, 0.15) is 33.8 Å². The van der Waals surface area contributed by atoms with Gasteiger partial charge in [-0.3, -0.25) is 19.1 Å². The SMILES string of the molecule is Cc1cc(CNC(=O)Cn2c(C)cnc(NCC(F)(F)c3ccccc3)c2=O)c(C)nc1C. The zero-order valence-electron chi connectivity index (χ0n) is 19.1. The van der Waals surface area contributed by atoms with Crippen molar-refractivity contribution in [2.75, 3.05) is 11.9 Å². The molecule has 0 fully saturated rings. The summed E-state index contributed by atoms with van der Waals surface area (Å²) >= 11 is 0. The van der Waals surface area contributed by atoms with Gasteiger partial charge in [0, 0.05) is 35.4 Å². The topological polar surface area (TPSA) is 88.9 Å². The van der Waals surface area contributed by atoms with Gasteiger partial charge in [-0.05, 0) is 38.8 Å². The van der Waals surface area contributed by atoms with Gasteiger partial charge < -0.3 is 10.6 Å². The highest BCUT2D eigenvalue weighted by atomic mass is 19.3. The number of pyridine rings is 1. The van der Waals surface area contributed by atoms with Crippen LogP contribution < -0.4 is 16.2 Å². The van der Waals surface area contributed by atoms with Gasteiger partial charge in [-0.2, -0.15) is 8.78 Å². The largest absolute Gasteiger partial charge is 0.359 e. The van der Waals surface area contributed by atoms with E-state index in [1.165, 1.54) is 35.0 Å². The van der Waals surface area contributed by atoms with Crippen molar-refractivity contribution < 1.29 is 13.6 Å². The minimum atomic E-state index is -3.19. The molecule has 3 aromatic rings. The van der Waals surface area contributed by atoms with Gasteiger partial charge >= 0.3 is 0 Å². The van der Waals surface area contributed by atoms with Crippen LogP contribution in [0.2, 0.25) is 0 Å². The van der Waals surface area contributed by atoms with Gasteiger partial charge in [0.25, 0.3) is 11.5 Å². The third kappa shape index (κ3) is 5.79. The minimum Gasteiger partial charge on any atom is -0.359 e. The van der Waals surface area contributed by atoms with E-state index in [0.29, 0.717) is 5.69 Å². The van der Waals surface area contributed by atoms with Crippen molar-refractivity contribution >= 4 is 11.7 Å². The summed E-state index contributed by atoms with van der Waals surface area (Å²) in [7, 11) is 0. The van der Waals surface area contributed by atoms with E-state index in [2.05, 4.69) is 20.6 Å². The molecule has 0 aliphatic carbocycles. The zero-order valence-corrected chi connectivity index (χ0v) is 19.1. The van der Waals surface area contributed by atoms with Crippen molar-refractivity contribution in [2.24, 2.45) is 0 Å². The lowest BCUT2D eigenvalue weighted by Gasteiger charge is -2.18. The number of benzene rings is 1. The summed E-state index contributed by atoms with van der Waals surface area (Å²) in [6, 6.07) is 9.30. The summed E-state index contributed by atoms with van der Waals surface area (Å²) in [5.74, 6) is -3.82. The molecule has 0 saturated heterocycles. The lowest BCUT2D eigenvalue weighted by Crippen LogP contribution is -2.36. The van der Waals surface area contributed by atoms with Gasteiger partial charge in [0.05, 0.1) is 6.54 Å². The predicted octanol–water partition coefficient (Wildman–Crippen LogP) is 3.39. The van der Waals surface area contributed by atoms with E-state index in [0.717, 1.165) is 22.5 Å². The third-order valence-corrected chi connectivity index (χ3v) is 5.47. The molecular formula is C24H27F2N5O2. The molecule has 33 heavy (non-hydrogen) atoms. The Morgan fingerprint density at radius 3 is 2.48 bits per heavy atom.